The first-order valence-corrected chi connectivity index (χ1v) is 13.9. The van der Waals surface area contributed by atoms with Gasteiger partial charge in [0, 0.05) is 11.3 Å². The van der Waals surface area contributed by atoms with E-state index in [0.29, 0.717) is 11.3 Å². The zero-order valence-electron chi connectivity index (χ0n) is 22.7. The van der Waals surface area contributed by atoms with Crippen molar-refractivity contribution in [3.05, 3.63) is 65.2 Å². The molecule has 9 N–H and O–H groups in total. The van der Waals surface area contributed by atoms with E-state index in [2.05, 4.69) is 20.9 Å². The number of aliphatic hydroxyl groups is 2. The molecule has 2 aromatic carbocycles. The van der Waals surface area contributed by atoms with Crippen molar-refractivity contribution in [2.75, 3.05) is 24.5 Å². The number of nitrogens with two attached hydrogens (primary N) is 2. The molecule has 4 amide bonds. The number of guanidine groups is 2. The lowest BCUT2D eigenvalue weighted by molar-refractivity contribution is -0.623. The van der Waals surface area contributed by atoms with Gasteiger partial charge in [0.2, 0.25) is 11.4 Å². The summed E-state index contributed by atoms with van der Waals surface area (Å²) in [5, 5.41) is 32.3. The highest BCUT2D eigenvalue weighted by Gasteiger charge is 2.75. The number of urea groups is 1. The summed E-state index contributed by atoms with van der Waals surface area (Å²) in [6.45, 7) is -0.375. The first-order valence-electron chi connectivity index (χ1n) is 13.9. The summed E-state index contributed by atoms with van der Waals surface area (Å²) < 4.78 is 1.49. The van der Waals surface area contributed by atoms with Gasteiger partial charge < -0.3 is 26.6 Å². The highest BCUT2D eigenvalue weighted by Crippen LogP contribution is 2.42. The van der Waals surface area contributed by atoms with Crippen LogP contribution in [0.3, 0.4) is 0 Å². The quantitative estimate of drug-likeness (QED) is 0.117. The smallest absolute Gasteiger partial charge is 0.346 e. The molecule has 14 nitrogen and oxygen atoms in total. The van der Waals surface area contributed by atoms with E-state index in [1.165, 1.54) is 9.48 Å². The molecule has 42 heavy (non-hydrogen) atoms. The molecule has 4 atom stereocenters. The molecule has 4 heterocycles. The molecule has 1 unspecified atom stereocenters. The number of hydrogen-bond acceptors (Lipinski definition) is 10. The predicted molar refractivity (Wildman–Crippen MR) is 150 cm³/mol. The summed E-state index contributed by atoms with van der Waals surface area (Å²) in [5.74, 6) is -3.48. The third-order valence-electron chi connectivity index (χ3n) is 9.07. The first kappa shape index (κ1) is 26.2. The number of amides is 4. The monoisotopic (exact) mass is 574 g/mol. The van der Waals surface area contributed by atoms with Gasteiger partial charge in [0.1, 0.15) is 24.7 Å². The Morgan fingerprint density at radius 3 is 2.69 bits per heavy atom. The number of nitrogens with one attached hydrogen (secondary N) is 3. The number of para-hydroxylation sites is 1. The number of aliphatic imine (C=N–C) groups is 1. The fraction of sp³-hybridized carbons (Fsp3) is 0.393. The van der Waals surface area contributed by atoms with Crippen LogP contribution < -0.4 is 32.3 Å². The second-order valence-electron chi connectivity index (χ2n) is 11.4. The SMILES string of the molecule is NC1=N[C@H]2[C@H](CN3C(=O)CN(c4ccccc4)C3=O)NC(N)=[N+]3CC(NC(=O)c4cccc5c4CCC5)C(O)(O)[C@]23N1. The Bertz CT molecular complexity index is 1570. The second kappa shape index (κ2) is 9.16. The normalized spacial score (nSPS) is 29.1. The van der Waals surface area contributed by atoms with Crippen molar-refractivity contribution >= 4 is 35.5 Å². The molecular formula is C28H32N9O5+. The number of imide groups is 1. The largest absolute Gasteiger partial charge is 0.370 e. The van der Waals surface area contributed by atoms with Gasteiger partial charge in [-0.05, 0) is 48.6 Å². The van der Waals surface area contributed by atoms with Crippen LogP contribution in [0.15, 0.2) is 53.5 Å². The maximum absolute atomic E-state index is 13.4. The lowest BCUT2D eigenvalue weighted by atomic mass is 9.85. The molecule has 7 rings (SSSR count). The van der Waals surface area contributed by atoms with Gasteiger partial charge in [-0.3, -0.25) is 30.4 Å². The van der Waals surface area contributed by atoms with Gasteiger partial charge in [-0.1, -0.05) is 30.3 Å². The molecule has 2 fully saturated rings. The van der Waals surface area contributed by atoms with Gasteiger partial charge >= 0.3 is 12.0 Å². The molecule has 1 aliphatic carbocycles. The van der Waals surface area contributed by atoms with Crippen LogP contribution in [-0.4, -0.2) is 98.7 Å². The van der Waals surface area contributed by atoms with E-state index in [9.17, 15) is 24.6 Å². The Morgan fingerprint density at radius 1 is 1.12 bits per heavy atom. The number of benzene rings is 2. The average Bonchev–Trinajstić information content (AvgIpc) is 3.71. The number of carbonyl (C=O) groups excluding carboxylic acids is 3. The maximum Gasteiger partial charge on any atom is 0.346 e. The van der Waals surface area contributed by atoms with Crippen molar-refractivity contribution in [3.63, 3.8) is 0 Å². The molecule has 0 bridgehead atoms. The minimum atomic E-state index is -2.62. The van der Waals surface area contributed by atoms with Gasteiger partial charge in [0.15, 0.2) is 5.96 Å². The molecule has 4 aliphatic heterocycles. The van der Waals surface area contributed by atoms with Crippen molar-refractivity contribution in [3.8, 4) is 0 Å². The molecule has 0 aromatic heterocycles. The van der Waals surface area contributed by atoms with Crippen LogP contribution in [0.1, 0.15) is 27.9 Å². The predicted octanol–water partition coefficient (Wildman–Crippen LogP) is -2.28. The average molecular weight is 575 g/mol. The molecule has 218 valence electrons. The van der Waals surface area contributed by atoms with Gasteiger partial charge in [0.25, 0.3) is 11.8 Å². The second-order valence-corrected chi connectivity index (χ2v) is 11.4. The van der Waals surface area contributed by atoms with Crippen molar-refractivity contribution in [1.29, 1.82) is 0 Å². The molecule has 2 aromatic rings. The zero-order chi connectivity index (χ0) is 29.4. The first-order chi connectivity index (χ1) is 20.1. The molecular weight excluding hydrogens is 542 g/mol. The van der Waals surface area contributed by atoms with Gasteiger partial charge in [-0.25, -0.2) is 14.4 Å². The fourth-order valence-electron chi connectivity index (χ4n) is 7.10. The summed E-state index contributed by atoms with van der Waals surface area (Å²) in [7, 11) is 0. The Morgan fingerprint density at radius 2 is 1.90 bits per heavy atom. The third-order valence-corrected chi connectivity index (χ3v) is 9.07. The number of carbonyl (C=O) groups is 3. The van der Waals surface area contributed by atoms with E-state index in [0.717, 1.165) is 35.3 Å². The maximum atomic E-state index is 13.4. The van der Waals surface area contributed by atoms with Gasteiger partial charge in [-0.2, -0.15) is 0 Å². The highest BCUT2D eigenvalue weighted by molar-refractivity contribution is 6.12. The molecule has 0 saturated carbocycles. The topological polar surface area (TPSA) is 202 Å². The van der Waals surface area contributed by atoms with Crippen molar-refractivity contribution in [1.82, 2.24) is 20.9 Å². The summed E-state index contributed by atoms with van der Waals surface area (Å²) in [6, 6.07) is 10.8. The summed E-state index contributed by atoms with van der Waals surface area (Å²) in [4.78, 5) is 46.6. The van der Waals surface area contributed by atoms with E-state index in [1.54, 1.807) is 30.3 Å². The summed E-state index contributed by atoms with van der Waals surface area (Å²) in [6.07, 6.45) is 2.63. The standard InChI is InChI=1S/C28H31N9O5/c29-24-33-22-19(12-36-21(38)14-35(26(36)40)16-8-2-1-3-9-16)31-25(30)37-13-20(28(41,42)27(22,37)34-24)32-23(39)18-11-5-7-15-6-4-10-17(15)18/h1-3,5,7-9,11,19-20,22,41-42H,4,6,10,12-14H2,(H6,29,30,31,32,33,34,39)/p+1/t19-,20?,22-,27-/m0/s1. The third kappa shape index (κ3) is 3.61. The Kier molecular flexibility index (Phi) is 5.72. The Balaban J connectivity index is 1.17. The van der Waals surface area contributed by atoms with Crippen molar-refractivity contribution < 1.29 is 29.2 Å². The summed E-state index contributed by atoms with van der Waals surface area (Å²) in [5.41, 5.74) is 13.9. The van der Waals surface area contributed by atoms with Crippen LogP contribution in [-0.2, 0) is 17.6 Å². The van der Waals surface area contributed by atoms with Crippen molar-refractivity contribution in [2.24, 2.45) is 16.5 Å². The number of anilines is 1. The molecule has 14 heteroatoms. The number of nitrogens with zero attached hydrogens (tertiary/aromatic N) is 4. The molecule has 5 aliphatic rings. The number of aryl methyl sites for hydroxylation is 1. The lowest BCUT2D eigenvalue weighted by Crippen LogP contribution is -2.79. The number of rotatable bonds is 5. The molecule has 0 radical (unpaired) electrons. The van der Waals surface area contributed by atoms with Crippen LogP contribution in [0, 0.1) is 0 Å². The van der Waals surface area contributed by atoms with Crippen LogP contribution in [0.4, 0.5) is 10.5 Å². The van der Waals surface area contributed by atoms with Gasteiger partial charge in [-0.15, -0.1) is 0 Å². The van der Waals surface area contributed by atoms with Crippen LogP contribution >= 0.6 is 0 Å². The number of hydrogen-bond donors (Lipinski definition) is 7. The van der Waals surface area contributed by atoms with Crippen LogP contribution in [0.5, 0.6) is 0 Å². The van der Waals surface area contributed by atoms with E-state index in [-0.39, 0.29) is 31.6 Å². The number of fused-ring (bicyclic) bond motifs is 1. The zero-order valence-corrected chi connectivity index (χ0v) is 22.7. The Hall–Kier alpha value is -4.69. The highest BCUT2D eigenvalue weighted by atomic mass is 16.5. The molecule has 1 spiro atoms. The van der Waals surface area contributed by atoms with E-state index in [4.69, 9.17) is 11.5 Å². The Labute approximate surface area is 240 Å². The minimum absolute atomic E-state index is 0.0532. The molecule has 2 saturated heterocycles. The summed E-state index contributed by atoms with van der Waals surface area (Å²) >= 11 is 0. The fourth-order valence-corrected chi connectivity index (χ4v) is 7.10. The van der Waals surface area contributed by atoms with E-state index >= 15 is 0 Å². The van der Waals surface area contributed by atoms with E-state index < -0.39 is 47.4 Å². The minimum Gasteiger partial charge on any atom is -0.370 e. The van der Waals surface area contributed by atoms with Gasteiger partial charge in [0.05, 0.1) is 13.1 Å². The van der Waals surface area contributed by atoms with Crippen LogP contribution in [0.25, 0.3) is 0 Å². The van der Waals surface area contributed by atoms with Crippen molar-refractivity contribution in [2.45, 2.75) is 48.8 Å². The van der Waals surface area contributed by atoms with Crippen LogP contribution in [0.2, 0.25) is 0 Å². The lowest BCUT2D eigenvalue weighted by Gasteiger charge is -2.44. The van der Waals surface area contributed by atoms with E-state index in [1.807, 2.05) is 18.2 Å².